The molecule has 100 valence electrons. The highest BCUT2D eigenvalue weighted by Gasteiger charge is 2.18. The Hall–Kier alpha value is -1.32. The number of ether oxygens (including phenoxy) is 1. The maximum atomic E-state index is 10.3. The summed E-state index contributed by atoms with van der Waals surface area (Å²) in [6.45, 7) is 0. The second kappa shape index (κ2) is 5.35. The molecule has 0 spiro atoms. The van der Waals surface area contributed by atoms with Gasteiger partial charge in [0.15, 0.2) is 0 Å². The molecule has 0 radical (unpaired) electrons. The lowest BCUT2D eigenvalue weighted by atomic mass is 10.1. The number of aliphatic hydroxyl groups excluding tert-OH is 1. The van der Waals surface area contributed by atoms with E-state index in [4.69, 9.17) is 4.74 Å². The molecule has 0 saturated carbocycles. The Morgan fingerprint density at radius 2 is 2.05 bits per heavy atom. The van der Waals surface area contributed by atoms with E-state index in [9.17, 15) is 5.11 Å². The zero-order valence-corrected chi connectivity index (χ0v) is 11.9. The molecule has 3 heteroatoms. The lowest BCUT2D eigenvalue weighted by Crippen LogP contribution is -1.99. The Kier molecular flexibility index (Phi) is 3.58. The summed E-state index contributed by atoms with van der Waals surface area (Å²) in [6.07, 6.45) is 3.93. The lowest BCUT2D eigenvalue weighted by molar-refractivity contribution is 0.182. The van der Waals surface area contributed by atoms with Crippen molar-refractivity contribution in [1.82, 2.24) is 0 Å². The topological polar surface area (TPSA) is 29.5 Å². The lowest BCUT2D eigenvalue weighted by Gasteiger charge is -2.09. The van der Waals surface area contributed by atoms with E-state index in [1.165, 1.54) is 29.7 Å². The van der Waals surface area contributed by atoms with Gasteiger partial charge in [-0.2, -0.15) is 0 Å². The van der Waals surface area contributed by atoms with Gasteiger partial charge in [-0.05, 0) is 48.6 Å². The SMILES string of the molecule is COc1ccc(CC(O)c2cc3c(s2)CCC3)cc1. The van der Waals surface area contributed by atoms with Crippen LogP contribution in [0.5, 0.6) is 5.75 Å². The van der Waals surface area contributed by atoms with Crippen molar-refractivity contribution in [3.8, 4) is 5.75 Å². The van der Waals surface area contributed by atoms with Crippen LogP contribution in [0.2, 0.25) is 0 Å². The van der Waals surface area contributed by atoms with Crippen LogP contribution in [0.3, 0.4) is 0 Å². The summed E-state index contributed by atoms with van der Waals surface area (Å²) >= 11 is 1.78. The summed E-state index contributed by atoms with van der Waals surface area (Å²) in [5.41, 5.74) is 2.59. The molecule has 1 aromatic carbocycles. The summed E-state index contributed by atoms with van der Waals surface area (Å²) in [6, 6.07) is 10.1. The predicted octanol–water partition coefficient (Wildman–Crippen LogP) is 3.52. The maximum absolute atomic E-state index is 10.3. The quantitative estimate of drug-likeness (QED) is 0.924. The van der Waals surface area contributed by atoms with Crippen LogP contribution < -0.4 is 4.74 Å². The first kappa shape index (κ1) is 12.7. The number of hydrogen-bond acceptors (Lipinski definition) is 3. The highest BCUT2D eigenvalue weighted by molar-refractivity contribution is 7.12. The summed E-state index contributed by atoms with van der Waals surface area (Å²) in [7, 11) is 1.66. The molecular weight excluding hydrogens is 256 g/mol. The van der Waals surface area contributed by atoms with Crippen molar-refractivity contribution in [2.24, 2.45) is 0 Å². The van der Waals surface area contributed by atoms with E-state index in [1.807, 2.05) is 24.3 Å². The van der Waals surface area contributed by atoms with Gasteiger partial charge in [-0.1, -0.05) is 12.1 Å². The number of methoxy groups -OCH3 is 1. The molecule has 1 heterocycles. The molecule has 19 heavy (non-hydrogen) atoms. The van der Waals surface area contributed by atoms with E-state index in [0.717, 1.165) is 16.2 Å². The van der Waals surface area contributed by atoms with Crippen molar-refractivity contribution in [2.75, 3.05) is 7.11 Å². The summed E-state index contributed by atoms with van der Waals surface area (Å²) < 4.78 is 5.14. The van der Waals surface area contributed by atoms with E-state index < -0.39 is 0 Å². The molecule has 1 aromatic heterocycles. The minimum Gasteiger partial charge on any atom is -0.497 e. The van der Waals surface area contributed by atoms with Gasteiger partial charge in [0.25, 0.3) is 0 Å². The number of fused-ring (bicyclic) bond motifs is 1. The standard InChI is InChI=1S/C16H18O2S/c1-18-13-7-5-11(6-8-13)9-14(17)16-10-12-3-2-4-15(12)19-16/h5-8,10,14,17H,2-4,9H2,1H3. The van der Waals surface area contributed by atoms with Gasteiger partial charge in [0.1, 0.15) is 5.75 Å². The number of aryl methyl sites for hydroxylation is 2. The van der Waals surface area contributed by atoms with E-state index in [-0.39, 0.29) is 6.10 Å². The van der Waals surface area contributed by atoms with Crippen LogP contribution in [-0.4, -0.2) is 12.2 Å². The van der Waals surface area contributed by atoms with Crippen molar-refractivity contribution >= 4 is 11.3 Å². The van der Waals surface area contributed by atoms with Crippen molar-refractivity contribution in [3.05, 3.63) is 51.2 Å². The van der Waals surface area contributed by atoms with Gasteiger partial charge in [0, 0.05) is 16.2 Å². The monoisotopic (exact) mass is 274 g/mol. The van der Waals surface area contributed by atoms with Crippen LogP contribution in [0.25, 0.3) is 0 Å². The van der Waals surface area contributed by atoms with Crippen molar-refractivity contribution in [3.63, 3.8) is 0 Å². The number of aliphatic hydroxyl groups is 1. The molecule has 0 fully saturated rings. The molecule has 1 aliphatic carbocycles. The Morgan fingerprint density at radius 3 is 2.74 bits per heavy atom. The zero-order valence-electron chi connectivity index (χ0n) is 11.1. The molecule has 2 nitrogen and oxygen atoms in total. The summed E-state index contributed by atoms with van der Waals surface area (Å²) in [4.78, 5) is 2.59. The first-order valence-corrected chi connectivity index (χ1v) is 7.50. The fourth-order valence-corrected chi connectivity index (χ4v) is 3.85. The van der Waals surface area contributed by atoms with Crippen molar-refractivity contribution in [1.29, 1.82) is 0 Å². The molecule has 0 amide bonds. The molecule has 1 aliphatic rings. The minimum absolute atomic E-state index is 0.385. The Bertz CT molecular complexity index is 535. The van der Waals surface area contributed by atoms with Gasteiger partial charge in [-0.15, -0.1) is 11.3 Å². The Labute approximate surface area is 117 Å². The van der Waals surface area contributed by atoms with Crippen molar-refractivity contribution in [2.45, 2.75) is 31.8 Å². The average molecular weight is 274 g/mol. The molecular formula is C16H18O2S. The number of hydrogen-bond donors (Lipinski definition) is 1. The van der Waals surface area contributed by atoms with E-state index >= 15 is 0 Å². The largest absolute Gasteiger partial charge is 0.497 e. The predicted molar refractivity (Wildman–Crippen MR) is 78.0 cm³/mol. The first-order valence-electron chi connectivity index (χ1n) is 6.69. The molecule has 1 N–H and O–H groups in total. The molecule has 2 aromatic rings. The summed E-state index contributed by atoms with van der Waals surface area (Å²) in [5, 5.41) is 10.3. The number of rotatable bonds is 4. The second-order valence-corrected chi connectivity index (χ2v) is 6.19. The minimum atomic E-state index is -0.385. The average Bonchev–Trinajstić information content (AvgIpc) is 3.00. The van der Waals surface area contributed by atoms with E-state index in [2.05, 4.69) is 6.07 Å². The van der Waals surface area contributed by atoms with Crippen LogP contribution in [0.4, 0.5) is 0 Å². The van der Waals surface area contributed by atoms with Crippen LogP contribution in [-0.2, 0) is 19.3 Å². The van der Waals surface area contributed by atoms with E-state index in [1.54, 1.807) is 18.4 Å². The van der Waals surface area contributed by atoms with Gasteiger partial charge in [0.05, 0.1) is 13.2 Å². The smallest absolute Gasteiger partial charge is 0.118 e. The fraction of sp³-hybridized carbons (Fsp3) is 0.375. The van der Waals surface area contributed by atoms with Gasteiger partial charge in [0.2, 0.25) is 0 Å². The molecule has 0 saturated heterocycles. The number of benzene rings is 1. The van der Waals surface area contributed by atoms with Crippen LogP contribution in [0.15, 0.2) is 30.3 Å². The fourth-order valence-electron chi connectivity index (χ4n) is 2.60. The van der Waals surface area contributed by atoms with Crippen LogP contribution >= 0.6 is 11.3 Å². The van der Waals surface area contributed by atoms with Gasteiger partial charge >= 0.3 is 0 Å². The maximum Gasteiger partial charge on any atom is 0.118 e. The Balaban J connectivity index is 1.70. The summed E-state index contributed by atoms with van der Waals surface area (Å²) in [5.74, 6) is 0.855. The third kappa shape index (κ3) is 2.67. The zero-order chi connectivity index (χ0) is 13.2. The third-order valence-electron chi connectivity index (χ3n) is 3.68. The molecule has 0 aliphatic heterocycles. The van der Waals surface area contributed by atoms with Crippen LogP contribution in [0.1, 0.15) is 33.4 Å². The van der Waals surface area contributed by atoms with Gasteiger partial charge in [-0.3, -0.25) is 0 Å². The molecule has 3 rings (SSSR count). The molecule has 1 atom stereocenters. The first-order chi connectivity index (χ1) is 9.26. The van der Waals surface area contributed by atoms with Crippen molar-refractivity contribution < 1.29 is 9.84 Å². The third-order valence-corrected chi connectivity index (χ3v) is 5.02. The van der Waals surface area contributed by atoms with Gasteiger partial charge < -0.3 is 9.84 Å². The molecule has 0 bridgehead atoms. The van der Waals surface area contributed by atoms with Crippen LogP contribution in [0, 0.1) is 0 Å². The molecule has 1 unspecified atom stereocenters. The highest BCUT2D eigenvalue weighted by atomic mass is 32.1. The number of thiophene rings is 1. The second-order valence-electron chi connectivity index (χ2n) is 5.02. The normalized spacial score (nSPS) is 15.3. The highest BCUT2D eigenvalue weighted by Crippen LogP contribution is 2.34. The van der Waals surface area contributed by atoms with Gasteiger partial charge in [-0.25, -0.2) is 0 Å². The van der Waals surface area contributed by atoms with E-state index in [0.29, 0.717) is 6.42 Å². The Morgan fingerprint density at radius 1 is 1.26 bits per heavy atom.